The van der Waals surface area contributed by atoms with Crippen molar-refractivity contribution in [3.8, 4) is 0 Å². The predicted octanol–water partition coefficient (Wildman–Crippen LogP) is 3.27. The zero-order chi connectivity index (χ0) is 13.8. The molecule has 2 aromatic rings. The molecule has 19 heavy (non-hydrogen) atoms. The smallest absolute Gasteiger partial charge is 0.252 e. The van der Waals surface area contributed by atoms with Crippen LogP contribution in [0.1, 0.15) is 21.5 Å². The van der Waals surface area contributed by atoms with Gasteiger partial charge in [0.1, 0.15) is 0 Å². The Morgan fingerprint density at radius 3 is 2.68 bits per heavy atom. The van der Waals surface area contributed by atoms with Crippen LogP contribution in [0.5, 0.6) is 0 Å². The molecule has 0 aliphatic carbocycles. The average molecular weight is 319 g/mol. The van der Waals surface area contributed by atoms with Crippen molar-refractivity contribution < 1.29 is 4.79 Å². The normalized spacial score (nSPS) is 10.2. The van der Waals surface area contributed by atoms with Gasteiger partial charge >= 0.3 is 0 Å². The zero-order valence-corrected chi connectivity index (χ0v) is 12.2. The van der Waals surface area contributed by atoms with Gasteiger partial charge in [0.05, 0.1) is 10.0 Å². The number of halogens is 1. The van der Waals surface area contributed by atoms with Crippen molar-refractivity contribution >= 4 is 27.5 Å². The van der Waals surface area contributed by atoms with Crippen LogP contribution in [0, 0.1) is 6.92 Å². The van der Waals surface area contributed by atoms with Crippen LogP contribution in [0.25, 0.3) is 0 Å². The second kappa shape index (κ2) is 5.89. The number of nitrogens with two attached hydrogens (primary N) is 1. The summed E-state index contributed by atoms with van der Waals surface area (Å²) in [5.74, 6) is -0.137. The van der Waals surface area contributed by atoms with Crippen molar-refractivity contribution in [2.24, 2.45) is 0 Å². The molecule has 0 atom stereocenters. The third-order valence-corrected chi connectivity index (χ3v) is 3.86. The van der Waals surface area contributed by atoms with Crippen molar-refractivity contribution in [3.05, 3.63) is 63.6 Å². The van der Waals surface area contributed by atoms with Crippen LogP contribution in [0.15, 0.2) is 46.9 Å². The highest BCUT2D eigenvalue weighted by Gasteiger charge is 2.11. The van der Waals surface area contributed by atoms with E-state index in [1.165, 1.54) is 0 Å². The molecule has 0 aromatic heterocycles. The molecule has 0 fully saturated rings. The van der Waals surface area contributed by atoms with Crippen LogP contribution in [-0.4, -0.2) is 5.91 Å². The molecular formula is C15H15BrN2O. The van der Waals surface area contributed by atoms with Gasteiger partial charge in [-0.05, 0) is 46.1 Å². The van der Waals surface area contributed by atoms with Crippen molar-refractivity contribution in [1.82, 2.24) is 5.32 Å². The lowest BCUT2D eigenvalue weighted by Gasteiger charge is -2.10. The minimum Gasteiger partial charge on any atom is -0.398 e. The van der Waals surface area contributed by atoms with E-state index in [-0.39, 0.29) is 5.91 Å². The van der Waals surface area contributed by atoms with Crippen molar-refractivity contribution in [1.29, 1.82) is 0 Å². The molecule has 0 aliphatic heterocycles. The Morgan fingerprint density at radius 1 is 1.21 bits per heavy atom. The maximum atomic E-state index is 12.1. The second-order valence-corrected chi connectivity index (χ2v) is 5.11. The summed E-state index contributed by atoms with van der Waals surface area (Å²) < 4.78 is 0.636. The fourth-order valence-electron chi connectivity index (χ4n) is 1.80. The molecular weight excluding hydrogens is 304 g/mol. The van der Waals surface area contributed by atoms with Gasteiger partial charge < -0.3 is 11.1 Å². The molecule has 0 aliphatic rings. The molecule has 3 nitrogen and oxygen atoms in total. The van der Waals surface area contributed by atoms with Gasteiger partial charge in [-0.25, -0.2) is 0 Å². The molecule has 2 aromatic carbocycles. The summed E-state index contributed by atoms with van der Waals surface area (Å²) in [6.45, 7) is 2.53. The van der Waals surface area contributed by atoms with Crippen LogP contribution < -0.4 is 11.1 Å². The van der Waals surface area contributed by atoms with Gasteiger partial charge in [-0.2, -0.15) is 0 Å². The first-order valence-electron chi connectivity index (χ1n) is 5.96. The van der Waals surface area contributed by atoms with Gasteiger partial charge in [-0.1, -0.05) is 30.3 Å². The number of carbonyl (C=O) groups excluding carboxylic acids is 1. The zero-order valence-electron chi connectivity index (χ0n) is 10.6. The molecule has 0 spiro atoms. The molecule has 0 bridgehead atoms. The van der Waals surface area contributed by atoms with Crippen molar-refractivity contribution in [2.45, 2.75) is 13.5 Å². The van der Waals surface area contributed by atoms with E-state index in [1.54, 1.807) is 18.2 Å². The van der Waals surface area contributed by atoms with Gasteiger partial charge in [-0.3, -0.25) is 4.79 Å². The van der Waals surface area contributed by atoms with E-state index in [2.05, 4.69) is 21.2 Å². The number of hydrogen-bond acceptors (Lipinski definition) is 2. The van der Waals surface area contributed by atoms with E-state index >= 15 is 0 Å². The molecule has 1 amide bonds. The summed E-state index contributed by atoms with van der Waals surface area (Å²) in [5, 5.41) is 2.90. The van der Waals surface area contributed by atoms with E-state index in [0.29, 0.717) is 22.3 Å². The maximum absolute atomic E-state index is 12.1. The Balaban J connectivity index is 2.10. The lowest BCUT2D eigenvalue weighted by Crippen LogP contribution is -2.23. The molecule has 0 saturated heterocycles. The lowest BCUT2D eigenvalue weighted by molar-refractivity contribution is 0.0950. The minimum absolute atomic E-state index is 0.137. The molecule has 3 N–H and O–H groups in total. The van der Waals surface area contributed by atoms with Crippen LogP contribution in [0.4, 0.5) is 5.69 Å². The summed E-state index contributed by atoms with van der Waals surface area (Å²) in [5.41, 5.74) is 9.14. The highest BCUT2D eigenvalue weighted by Crippen LogP contribution is 2.23. The molecule has 0 heterocycles. The molecule has 0 radical (unpaired) electrons. The Kier molecular flexibility index (Phi) is 4.22. The third kappa shape index (κ3) is 3.15. The first kappa shape index (κ1) is 13.6. The number of amides is 1. The molecule has 2 rings (SSSR count). The number of nitrogens with one attached hydrogen (secondary N) is 1. The summed E-state index contributed by atoms with van der Waals surface area (Å²) in [6.07, 6.45) is 0. The molecule has 0 unspecified atom stereocenters. The summed E-state index contributed by atoms with van der Waals surface area (Å²) in [4.78, 5) is 12.1. The lowest BCUT2D eigenvalue weighted by atomic mass is 10.1. The van der Waals surface area contributed by atoms with E-state index in [9.17, 15) is 4.79 Å². The Hall–Kier alpha value is -1.81. The second-order valence-electron chi connectivity index (χ2n) is 4.32. The van der Waals surface area contributed by atoms with E-state index in [4.69, 9.17) is 5.73 Å². The predicted molar refractivity (Wildman–Crippen MR) is 80.9 cm³/mol. The van der Waals surface area contributed by atoms with Crippen LogP contribution in [0.3, 0.4) is 0 Å². The van der Waals surface area contributed by atoms with Gasteiger partial charge in [0.15, 0.2) is 0 Å². The fourth-order valence-corrected chi connectivity index (χ4v) is 2.25. The monoisotopic (exact) mass is 318 g/mol. The van der Waals surface area contributed by atoms with Gasteiger partial charge in [0.25, 0.3) is 5.91 Å². The van der Waals surface area contributed by atoms with Crippen LogP contribution in [-0.2, 0) is 6.54 Å². The molecule has 4 heteroatoms. The van der Waals surface area contributed by atoms with E-state index in [1.807, 2.05) is 31.2 Å². The number of aryl methyl sites for hydroxylation is 1. The average Bonchev–Trinajstić information content (AvgIpc) is 2.40. The summed E-state index contributed by atoms with van der Waals surface area (Å²) in [6, 6.07) is 13.2. The highest BCUT2D eigenvalue weighted by atomic mass is 79.9. The van der Waals surface area contributed by atoms with Crippen LogP contribution in [0.2, 0.25) is 0 Å². The van der Waals surface area contributed by atoms with E-state index in [0.717, 1.165) is 11.1 Å². The first-order chi connectivity index (χ1) is 9.09. The Labute approximate surface area is 121 Å². The number of benzene rings is 2. The SMILES string of the molecule is Cc1ccccc1CNC(=O)c1cccc(N)c1Br. The van der Waals surface area contributed by atoms with Crippen molar-refractivity contribution in [2.75, 3.05) is 5.73 Å². The van der Waals surface area contributed by atoms with Gasteiger partial charge in [0, 0.05) is 12.2 Å². The largest absolute Gasteiger partial charge is 0.398 e. The van der Waals surface area contributed by atoms with Crippen molar-refractivity contribution in [3.63, 3.8) is 0 Å². The number of carbonyl (C=O) groups is 1. The summed E-state index contributed by atoms with van der Waals surface area (Å²) >= 11 is 3.34. The molecule has 98 valence electrons. The Bertz CT molecular complexity index is 611. The number of rotatable bonds is 3. The number of nitrogen functional groups attached to an aromatic ring is 1. The topological polar surface area (TPSA) is 55.1 Å². The number of hydrogen-bond donors (Lipinski definition) is 2. The van der Waals surface area contributed by atoms with Crippen LogP contribution >= 0.6 is 15.9 Å². The third-order valence-electron chi connectivity index (χ3n) is 2.97. The van der Waals surface area contributed by atoms with E-state index < -0.39 is 0 Å². The highest BCUT2D eigenvalue weighted by molar-refractivity contribution is 9.10. The number of anilines is 1. The maximum Gasteiger partial charge on any atom is 0.252 e. The standard InChI is InChI=1S/C15H15BrN2O/c1-10-5-2-3-6-11(10)9-18-15(19)12-7-4-8-13(17)14(12)16/h2-8H,9,17H2,1H3,(H,18,19). The van der Waals surface area contributed by atoms with Gasteiger partial charge in [0.2, 0.25) is 0 Å². The van der Waals surface area contributed by atoms with Gasteiger partial charge in [-0.15, -0.1) is 0 Å². The molecule has 0 saturated carbocycles. The first-order valence-corrected chi connectivity index (χ1v) is 6.75. The summed E-state index contributed by atoms with van der Waals surface area (Å²) in [7, 11) is 0. The Morgan fingerprint density at radius 2 is 1.95 bits per heavy atom. The minimum atomic E-state index is -0.137. The quantitative estimate of drug-likeness (QED) is 0.853. The fraction of sp³-hybridized carbons (Fsp3) is 0.133.